The predicted octanol–water partition coefficient (Wildman–Crippen LogP) is 2.66. The Kier molecular flexibility index (Phi) is 6.24. The highest BCUT2D eigenvalue weighted by atomic mass is 16.6. The lowest BCUT2D eigenvalue weighted by molar-refractivity contribution is 0.0983. The molecular formula is C18H24N6O3. The van der Waals surface area contributed by atoms with Crippen molar-refractivity contribution in [2.45, 2.75) is 25.8 Å². The number of anilines is 3. The Morgan fingerprint density at radius 3 is 2.67 bits per heavy atom. The molecule has 9 nitrogen and oxygen atoms in total. The average Bonchev–Trinajstić information content (AvgIpc) is 2.70. The van der Waals surface area contributed by atoms with E-state index in [9.17, 15) is 4.79 Å². The number of likely N-dealkylation sites (tertiary alicyclic amines) is 1. The maximum atomic E-state index is 11.8. The predicted molar refractivity (Wildman–Crippen MR) is 101 cm³/mol. The van der Waals surface area contributed by atoms with Gasteiger partial charge in [0.05, 0.1) is 19.9 Å². The average molecular weight is 372 g/mol. The number of hydrogen-bond acceptors (Lipinski definition) is 8. The Labute approximate surface area is 158 Å². The Balaban J connectivity index is 1.54. The number of aromatic nitrogens is 3. The number of nitrogens with zero attached hydrogens (tertiary/aromatic N) is 4. The molecule has 1 aromatic carbocycles. The molecule has 1 aromatic heterocycles. The first-order valence-corrected chi connectivity index (χ1v) is 8.97. The third kappa shape index (κ3) is 5.19. The molecule has 1 fully saturated rings. The van der Waals surface area contributed by atoms with E-state index in [1.54, 1.807) is 18.2 Å². The first-order chi connectivity index (χ1) is 13.2. The highest BCUT2D eigenvalue weighted by Crippen LogP contribution is 2.19. The fourth-order valence-electron chi connectivity index (χ4n) is 2.85. The van der Waals surface area contributed by atoms with E-state index in [-0.39, 0.29) is 12.1 Å². The van der Waals surface area contributed by atoms with Crippen molar-refractivity contribution < 1.29 is 14.3 Å². The number of amides is 1. The second-order valence-electron chi connectivity index (χ2n) is 6.12. The van der Waals surface area contributed by atoms with Gasteiger partial charge in [0.2, 0.25) is 5.95 Å². The molecule has 0 radical (unpaired) electrons. The molecule has 0 saturated carbocycles. The van der Waals surface area contributed by atoms with Gasteiger partial charge in [-0.25, -0.2) is 4.79 Å². The van der Waals surface area contributed by atoms with E-state index in [1.807, 2.05) is 31.2 Å². The lowest BCUT2D eigenvalue weighted by Crippen LogP contribution is -2.42. The van der Waals surface area contributed by atoms with E-state index in [0.717, 1.165) is 24.3 Å². The number of piperidine rings is 1. The number of nitrogens with one attached hydrogen (secondary N) is 2. The summed E-state index contributed by atoms with van der Waals surface area (Å²) in [5.41, 5.74) is 0.880. The third-order valence-electron chi connectivity index (χ3n) is 4.28. The van der Waals surface area contributed by atoms with Crippen molar-refractivity contribution in [2.75, 3.05) is 37.4 Å². The van der Waals surface area contributed by atoms with Crippen molar-refractivity contribution in [1.82, 2.24) is 20.1 Å². The second-order valence-corrected chi connectivity index (χ2v) is 6.12. The zero-order valence-electron chi connectivity index (χ0n) is 15.5. The summed E-state index contributed by atoms with van der Waals surface area (Å²) < 4.78 is 10.2. The van der Waals surface area contributed by atoms with Gasteiger partial charge in [0.25, 0.3) is 0 Å². The van der Waals surface area contributed by atoms with Crippen molar-refractivity contribution >= 4 is 23.5 Å². The minimum Gasteiger partial charge on any atom is -0.497 e. The van der Waals surface area contributed by atoms with E-state index < -0.39 is 0 Å². The van der Waals surface area contributed by atoms with E-state index in [1.165, 1.54) is 0 Å². The minimum atomic E-state index is -0.250. The number of ether oxygens (including phenoxy) is 2. The number of benzene rings is 1. The molecule has 0 bridgehead atoms. The van der Waals surface area contributed by atoms with Crippen LogP contribution in [0.5, 0.6) is 5.75 Å². The summed E-state index contributed by atoms with van der Waals surface area (Å²) >= 11 is 0. The zero-order chi connectivity index (χ0) is 19.1. The molecule has 2 aromatic rings. The Morgan fingerprint density at radius 2 is 2.00 bits per heavy atom. The second kappa shape index (κ2) is 9.02. The van der Waals surface area contributed by atoms with Crippen LogP contribution in [0.3, 0.4) is 0 Å². The topological polar surface area (TPSA) is 102 Å². The molecule has 144 valence electrons. The summed E-state index contributed by atoms with van der Waals surface area (Å²) in [5.74, 6) is 1.85. The number of methoxy groups -OCH3 is 1. The Morgan fingerprint density at radius 1 is 1.26 bits per heavy atom. The molecule has 9 heteroatoms. The summed E-state index contributed by atoms with van der Waals surface area (Å²) in [6.45, 7) is 3.50. The van der Waals surface area contributed by atoms with E-state index in [4.69, 9.17) is 9.47 Å². The normalized spacial score (nSPS) is 14.5. The van der Waals surface area contributed by atoms with Gasteiger partial charge in [-0.05, 0) is 44.0 Å². The molecule has 3 rings (SSSR count). The van der Waals surface area contributed by atoms with Gasteiger partial charge in [0.1, 0.15) is 5.75 Å². The van der Waals surface area contributed by atoms with Crippen LogP contribution in [0.2, 0.25) is 0 Å². The number of carbonyl (C=O) groups is 1. The molecule has 2 N–H and O–H groups in total. The van der Waals surface area contributed by atoms with Crippen LogP contribution < -0.4 is 15.4 Å². The molecular weight excluding hydrogens is 348 g/mol. The maximum Gasteiger partial charge on any atom is 0.409 e. The number of rotatable bonds is 6. The summed E-state index contributed by atoms with van der Waals surface area (Å²) in [7, 11) is 1.63. The molecule has 27 heavy (non-hydrogen) atoms. The van der Waals surface area contributed by atoms with Gasteiger partial charge >= 0.3 is 6.09 Å². The molecule has 1 saturated heterocycles. The van der Waals surface area contributed by atoms with Crippen molar-refractivity contribution in [3.05, 3.63) is 30.5 Å². The first-order valence-electron chi connectivity index (χ1n) is 8.97. The fraction of sp³-hybridized carbons (Fsp3) is 0.444. The van der Waals surface area contributed by atoms with Gasteiger partial charge in [0, 0.05) is 24.8 Å². The van der Waals surface area contributed by atoms with Crippen LogP contribution >= 0.6 is 0 Å². The van der Waals surface area contributed by atoms with Crippen LogP contribution in [0.25, 0.3) is 0 Å². The van der Waals surface area contributed by atoms with E-state index in [0.29, 0.717) is 31.5 Å². The van der Waals surface area contributed by atoms with Crippen LogP contribution in [-0.2, 0) is 4.74 Å². The molecule has 1 aliphatic heterocycles. The molecule has 0 unspecified atom stereocenters. The van der Waals surface area contributed by atoms with Crippen molar-refractivity contribution in [3.8, 4) is 5.75 Å². The summed E-state index contributed by atoms with van der Waals surface area (Å²) in [4.78, 5) is 17.9. The van der Waals surface area contributed by atoms with Crippen LogP contribution in [0.1, 0.15) is 19.8 Å². The highest BCUT2D eigenvalue weighted by molar-refractivity contribution is 5.67. The SMILES string of the molecule is CCOC(=O)N1CCC(Nc2nncc(Nc3ccc(OC)cc3)n2)CC1. The van der Waals surface area contributed by atoms with Gasteiger partial charge < -0.3 is 25.0 Å². The van der Waals surface area contributed by atoms with Gasteiger partial charge in [0.15, 0.2) is 5.82 Å². The molecule has 1 amide bonds. The molecule has 1 aliphatic rings. The van der Waals surface area contributed by atoms with Crippen LogP contribution in [0, 0.1) is 0 Å². The van der Waals surface area contributed by atoms with Gasteiger partial charge in [-0.2, -0.15) is 10.1 Å². The van der Waals surface area contributed by atoms with E-state index in [2.05, 4.69) is 25.8 Å². The quantitative estimate of drug-likeness (QED) is 0.798. The Bertz CT molecular complexity index is 747. The Hall–Kier alpha value is -3.10. The summed E-state index contributed by atoms with van der Waals surface area (Å²) in [6, 6.07) is 7.73. The zero-order valence-corrected chi connectivity index (χ0v) is 15.5. The number of carbonyl (C=O) groups excluding carboxylic acids is 1. The largest absolute Gasteiger partial charge is 0.497 e. The molecule has 0 spiro atoms. The highest BCUT2D eigenvalue weighted by Gasteiger charge is 2.24. The standard InChI is InChI=1S/C18H24N6O3/c1-3-27-18(25)24-10-8-14(9-11-24)21-17-22-16(12-19-23-17)20-13-4-6-15(26-2)7-5-13/h4-7,12,14H,3,8-11H2,1-2H3,(H2,20,21,22,23). The fourth-order valence-corrected chi connectivity index (χ4v) is 2.85. The van der Waals surface area contributed by atoms with Crippen molar-refractivity contribution in [2.24, 2.45) is 0 Å². The van der Waals surface area contributed by atoms with Crippen LogP contribution in [0.4, 0.5) is 22.2 Å². The van der Waals surface area contributed by atoms with Crippen LogP contribution in [0.15, 0.2) is 30.5 Å². The monoisotopic (exact) mass is 372 g/mol. The van der Waals surface area contributed by atoms with Crippen LogP contribution in [-0.4, -0.2) is 59.0 Å². The molecule has 0 atom stereocenters. The third-order valence-corrected chi connectivity index (χ3v) is 4.28. The summed E-state index contributed by atoms with van der Waals surface area (Å²) in [6.07, 6.45) is 2.93. The smallest absolute Gasteiger partial charge is 0.409 e. The lowest BCUT2D eigenvalue weighted by atomic mass is 10.1. The van der Waals surface area contributed by atoms with Crippen molar-refractivity contribution in [1.29, 1.82) is 0 Å². The van der Waals surface area contributed by atoms with E-state index >= 15 is 0 Å². The number of hydrogen-bond donors (Lipinski definition) is 2. The summed E-state index contributed by atoms with van der Waals surface area (Å²) in [5, 5.41) is 14.5. The first kappa shape index (κ1) is 18.7. The van der Waals surface area contributed by atoms with Crippen molar-refractivity contribution in [3.63, 3.8) is 0 Å². The van der Waals surface area contributed by atoms with Gasteiger partial charge in [-0.15, -0.1) is 5.10 Å². The van der Waals surface area contributed by atoms with Gasteiger partial charge in [-0.3, -0.25) is 0 Å². The minimum absolute atomic E-state index is 0.189. The maximum absolute atomic E-state index is 11.8. The molecule has 2 heterocycles. The lowest BCUT2D eigenvalue weighted by Gasteiger charge is -2.31. The van der Waals surface area contributed by atoms with Gasteiger partial charge in [-0.1, -0.05) is 0 Å². The molecule has 0 aliphatic carbocycles.